The lowest BCUT2D eigenvalue weighted by atomic mass is 10.1. The number of carbonyl (C=O) groups excluding carboxylic acids is 2. The van der Waals surface area contributed by atoms with Gasteiger partial charge in [0.1, 0.15) is 0 Å². The molecule has 8 nitrogen and oxygen atoms in total. The highest BCUT2D eigenvalue weighted by Gasteiger charge is 2.22. The average molecular weight is 471 g/mol. The number of imide groups is 1. The maximum atomic E-state index is 12.3. The SMILES string of the molecule is O=C(CSc1nnc(N2CCCCC2)n1-c1ccccc1)NC(=O)NCCc1cccs1. The van der Waals surface area contributed by atoms with Gasteiger partial charge in [0, 0.05) is 24.5 Å². The van der Waals surface area contributed by atoms with Gasteiger partial charge in [-0.3, -0.25) is 14.7 Å². The fraction of sp³-hybridized carbons (Fsp3) is 0.364. The molecular weight excluding hydrogens is 444 g/mol. The van der Waals surface area contributed by atoms with E-state index < -0.39 is 6.03 Å². The second-order valence-electron chi connectivity index (χ2n) is 7.42. The first-order chi connectivity index (χ1) is 15.7. The number of thioether (sulfide) groups is 1. The molecule has 1 aromatic carbocycles. The molecule has 1 aliphatic heterocycles. The largest absolute Gasteiger partial charge is 0.341 e. The van der Waals surface area contributed by atoms with Crippen LogP contribution in [-0.4, -0.2) is 52.1 Å². The van der Waals surface area contributed by atoms with E-state index >= 15 is 0 Å². The number of amides is 3. The Hall–Kier alpha value is -2.85. The van der Waals surface area contributed by atoms with Gasteiger partial charge >= 0.3 is 6.03 Å². The van der Waals surface area contributed by atoms with E-state index in [9.17, 15) is 9.59 Å². The number of aromatic nitrogens is 3. The zero-order valence-electron chi connectivity index (χ0n) is 17.7. The molecule has 0 radical (unpaired) electrons. The number of benzene rings is 1. The quantitative estimate of drug-likeness (QED) is 0.490. The van der Waals surface area contributed by atoms with Gasteiger partial charge in [-0.15, -0.1) is 21.5 Å². The second-order valence-corrected chi connectivity index (χ2v) is 9.40. The van der Waals surface area contributed by atoms with Crippen LogP contribution < -0.4 is 15.5 Å². The number of anilines is 1. The topological polar surface area (TPSA) is 92.2 Å². The number of hydrogen-bond donors (Lipinski definition) is 2. The average Bonchev–Trinajstić information content (AvgIpc) is 3.49. The molecule has 2 N–H and O–H groups in total. The van der Waals surface area contributed by atoms with Gasteiger partial charge in [-0.2, -0.15) is 0 Å². The Labute approximate surface area is 195 Å². The summed E-state index contributed by atoms with van der Waals surface area (Å²) in [6, 6.07) is 13.4. The summed E-state index contributed by atoms with van der Waals surface area (Å²) >= 11 is 2.92. The van der Waals surface area contributed by atoms with E-state index in [4.69, 9.17) is 0 Å². The van der Waals surface area contributed by atoms with E-state index in [1.165, 1.54) is 23.1 Å². The highest BCUT2D eigenvalue weighted by Crippen LogP contribution is 2.28. The van der Waals surface area contributed by atoms with E-state index in [0.29, 0.717) is 11.7 Å². The predicted molar refractivity (Wildman–Crippen MR) is 128 cm³/mol. The van der Waals surface area contributed by atoms with Gasteiger partial charge in [-0.05, 0) is 49.3 Å². The minimum atomic E-state index is -0.481. The van der Waals surface area contributed by atoms with Crippen molar-refractivity contribution < 1.29 is 9.59 Å². The number of nitrogens with one attached hydrogen (secondary N) is 2. The van der Waals surface area contributed by atoms with Crippen LogP contribution >= 0.6 is 23.1 Å². The number of piperidine rings is 1. The molecule has 10 heteroatoms. The van der Waals surface area contributed by atoms with Gasteiger partial charge < -0.3 is 10.2 Å². The molecule has 0 saturated carbocycles. The summed E-state index contributed by atoms with van der Waals surface area (Å²) in [7, 11) is 0. The number of urea groups is 1. The van der Waals surface area contributed by atoms with Crippen molar-refractivity contribution in [1.29, 1.82) is 0 Å². The second kappa shape index (κ2) is 11.1. The molecule has 3 aromatic rings. The summed E-state index contributed by atoms with van der Waals surface area (Å²) in [6.07, 6.45) is 4.24. The van der Waals surface area contributed by atoms with Crippen LogP contribution in [0.5, 0.6) is 0 Å². The zero-order valence-corrected chi connectivity index (χ0v) is 19.3. The summed E-state index contributed by atoms with van der Waals surface area (Å²) in [5, 5.41) is 16.5. The van der Waals surface area contributed by atoms with Crippen molar-refractivity contribution in [2.75, 3.05) is 30.3 Å². The Morgan fingerprint density at radius 2 is 1.84 bits per heavy atom. The molecule has 0 spiro atoms. The van der Waals surface area contributed by atoms with Crippen molar-refractivity contribution in [3.8, 4) is 5.69 Å². The summed E-state index contributed by atoms with van der Waals surface area (Å²) in [6.45, 7) is 2.37. The number of hydrogen-bond acceptors (Lipinski definition) is 7. The van der Waals surface area contributed by atoms with Crippen LogP contribution in [0.1, 0.15) is 24.1 Å². The Morgan fingerprint density at radius 3 is 2.59 bits per heavy atom. The molecule has 0 atom stereocenters. The molecular formula is C22H26N6O2S2. The van der Waals surface area contributed by atoms with Crippen molar-refractivity contribution in [2.45, 2.75) is 30.8 Å². The van der Waals surface area contributed by atoms with Crippen LogP contribution in [0.2, 0.25) is 0 Å². The molecule has 0 aliphatic carbocycles. The zero-order chi connectivity index (χ0) is 22.2. The highest BCUT2D eigenvalue weighted by molar-refractivity contribution is 7.99. The molecule has 1 saturated heterocycles. The van der Waals surface area contributed by atoms with E-state index in [1.54, 1.807) is 11.3 Å². The van der Waals surface area contributed by atoms with Crippen LogP contribution in [0.3, 0.4) is 0 Å². The molecule has 168 valence electrons. The van der Waals surface area contributed by atoms with Crippen LogP contribution in [0.4, 0.5) is 10.7 Å². The molecule has 3 heterocycles. The monoisotopic (exact) mass is 470 g/mol. The maximum Gasteiger partial charge on any atom is 0.321 e. The Bertz CT molecular complexity index is 1020. The van der Waals surface area contributed by atoms with Gasteiger partial charge in [-0.25, -0.2) is 4.79 Å². The summed E-state index contributed by atoms with van der Waals surface area (Å²) in [4.78, 5) is 27.8. The fourth-order valence-electron chi connectivity index (χ4n) is 3.55. The number of rotatable bonds is 8. The molecule has 2 aromatic heterocycles. The first-order valence-electron chi connectivity index (χ1n) is 10.7. The molecule has 1 aliphatic rings. The van der Waals surface area contributed by atoms with Crippen molar-refractivity contribution in [2.24, 2.45) is 0 Å². The summed E-state index contributed by atoms with van der Waals surface area (Å²) < 4.78 is 1.99. The first-order valence-corrected chi connectivity index (χ1v) is 12.6. The van der Waals surface area contributed by atoms with Crippen LogP contribution in [0, 0.1) is 0 Å². The third-order valence-electron chi connectivity index (χ3n) is 5.09. The van der Waals surface area contributed by atoms with Crippen molar-refractivity contribution in [3.05, 3.63) is 52.7 Å². The lowest BCUT2D eigenvalue weighted by Crippen LogP contribution is -2.41. The number of thiophene rings is 1. The van der Waals surface area contributed by atoms with Crippen LogP contribution in [0.25, 0.3) is 5.69 Å². The van der Waals surface area contributed by atoms with Gasteiger partial charge in [0.15, 0.2) is 5.16 Å². The van der Waals surface area contributed by atoms with Crippen molar-refractivity contribution in [1.82, 2.24) is 25.4 Å². The van der Waals surface area contributed by atoms with E-state index in [0.717, 1.165) is 44.0 Å². The fourth-order valence-corrected chi connectivity index (χ4v) is 5.00. The molecule has 0 unspecified atom stereocenters. The normalized spacial score (nSPS) is 13.7. The smallest absolute Gasteiger partial charge is 0.321 e. The van der Waals surface area contributed by atoms with E-state index in [-0.39, 0.29) is 11.7 Å². The van der Waals surface area contributed by atoms with Crippen molar-refractivity contribution in [3.63, 3.8) is 0 Å². The maximum absolute atomic E-state index is 12.3. The number of para-hydroxylation sites is 1. The van der Waals surface area contributed by atoms with Gasteiger partial charge in [0.2, 0.25) is 11.9 Å². The standard InChI is InChI=1S/C22H26N6O2S2/c29-19(24-20(30)23-12-11-18-10-7-15-31-18)16-32-22-26-25-21(27-13-5-2-6-14-27)28(22)17-8-3-1-4-9-17/h1,3-4,7-10,15H,2,5-6,11-14,16H2,(H2,23,24,29,30). The van der Waals surface area contributed by atoms with Crippen LogP contribution in [-0.2, 0) is 11.2 Å². The van der Waals surface area contributed by atoms with E-state index in [2.05, 4.69) is 25.7 Å². The number of carbonyl (C=O) groups is 2. The van der Waals surface area contributed by atoms with Crippen LogP contribution in [0.15, 0.2) is 53.0 Å². The highest BCUT2D eigenvalue weighted by atomic mass is 32.2. The molecule has 32 heavy (non-hydrogen) atoms. The van der Waals surface area contributed by atoms with Gasteiger partial charge in [-0.1, -0.05) is 36.0 Å². The van der Waals surface area contributed by atoms with Crippen molar-refractivity contribution >= 4 is 41.0 Å². The molecule has 1 fully saturated rings. The summed E-state index contributed by atoms with van der Waals surface area (Å²) in [5.74, 6) is 0.499. The van der Waals surface area contributed by atoms with Gasteiger partial charge in [0.05, 0.1) is 11.4 Å². The van der Waals surface area contributed by atoms with Gasteiger partial charge in [0.25, 0.3) is 0 Å². The first kappa shape index (κ1) is 22.3. The molecule has 3 amide bonds. The molecule has 0 bridgehead atoms. The minimum Gasteiger partial charge on any atom is -0.341 e. The molecule has 4 rings (SSSR count). The lowest BCUT2D eigenvalue weighted by Gasteiger charge is -2.27. The Morgan fingerprint density at radius 1 is 1.03 bits per heavy atom. The lowest BCUT2D eigenvalue weighted by molar-refractivity contribution is -0.117. The minimum absolute atomic E-state index is 0.0727. The Balaban J connectivity index is 1.35. The third kappa shape index (κ3) is 5.89. The Kier molecular flexibility index (Phi) is 7.78. The third-order valence-corrected chi connectivity index (χ3v) is 6.96. The van der Waals surface area contributed by atoms with E-state index in [1.807, 2.05) is 52.4 Å². The number of nitrogens with zero attached hydrogens (tertiary/aromatic N) is 4. The predicted octanol–water partition coefficient (Wildman–Crippen LogP) is 3.48. The summed E-state index contributed by atoms with van der Waals surface area (Å²) in [5.41, 5.74) is 0.951.